The molecule has 0 spiro atoms. The van der Waals surface area contributed by atoms with Gasteiger partial charge in [0.2, 0.25) is 0 Å². The smallest absolute Gasteiger partial charge is 0.274 e. The first-order valence-electron chi connectivity index (χ1n) is 8.20. The Bertz CT molecular complexity index is 727. The second kappa shape index (κ2) is 8.82. The highest BCUT2D eigenvalue weighted by atomic mass is 16.5. The Balaban J connectivity index is 2.01. The molecule has 1 heterocycles. The second-order valence-corrected chi connectivity index (χ2v) is 6.03. The Morgan fingerprint density at radius 2 is 1.68 bits per heavy atom. The van der Waals surface area contributed by atoms with E-state index in [1.165, 1.54) is 0 Å². The van der Waals surface area contributed by atoms with Gasteiger partial charge in [0.25, 0.3) is 11.8 Å². The highest BCUT2D eigenvalue weighted by Gasteiger charge is 2.12. The third kappa shape index (κ3) is 5.60. The number of carbonyl (C=O) groups excluding carboxylic acids is 2. The van der Waals surface area contributed by atoms with Crippen molar-refractivity contribution < 1.29 is 14.3 Å². The average Bonchev–Trinajstić information content (AvgIpc) is 2.62. The van der Waals surface area contributed by atoms with Gasteiger partial charge in [-0.2, -0.15) is 0 Å². The van der Waals surface area contributed by atoms with Crippen LogP contribution in [0.15, 0.2) is 42.5 Å². The number of ether oxygens (including phenoxy) is 1. The minimum absolute atomic E-state index is 0.187. The number of hydrogen-bond acceptors (Lipinski definition) is 4. The van der Waals surface area contributed by atoms with Crippen LogP contribution in [0.2, 0.25) is 0 Å². The van der Waals surface area contributed by atoms with E-state index in [0.717, 1.165) is 6.42 Å². The van der Waals surface area contributed by atoms with E-state index in [2.05, 4.69) is 29.5 Å². The van der Waals surface area contributed by atoms with Gasteiger partial charge in [0.05, 0.1) is 7.11 Å². The van der Waals surface area contributed by atoms with Crippen LogP contribution < -0.4 is 15.4 Å². The Hall–Kier alpha value is -2.89. The Kier molecular flexibility index (Phi) is 6.51. The summed E-state index contributed by atoms with van der Waals surface area (Å²) in [5.41, 5.74) is 1.04. The maximum absolute atomic E-state index is 12.3. The van der Waals surface area contributed by atoms with Crippen molar-refractivity contribution in [3.05, 3.63) is 53.9 Å². The lowest BCUT2D eigenvalue weighted by molar-refractivity contribution is 0.0947. The first-order chi connectivity index (χ1) is 12.0. The van der Waals surface area contributed by atoms with Crippen molar-refractivity contribution in [2.24, 2.45) is 5.92 Å². The molecule has 6 heteroatoms. The topological polar surface area (TPSA) is 80.3 Å². The van der Waals surface area contributed by atoms with Crippen LogP contribution >= 0.6 is 0 Å². The quantitative estimate of drug-likeness (QED) is 0.811. The van der Waals surface area contributed by atoms with Crippen molar-refractivity contribution in [1.29, 1.82) is 0 Å². The van der Waals surface area contributed by atoms with Gasteiger partial charge >= 0.3 is 0 Å². The van der Waals surface area contributed by atoms with Crippen molar-refractivity contribution >= 4 is 17.5 Å². The van der Waals surface area contributed by atoms with Crippen molar-refractivity contribution in [3.8, 4) is 5.75 Å². The predicted molar refractivity (Wildman–Crippen MR) is 97.0 cm³/mol. The van der Waals surface area contributed by atoms with Crippen LogP contribution in [0.3, 0.4) is 0 Å². The van der Waals surface area contributed by atoms with E-state index in [1.807, 2.05) is 0 Å². The summed E-state index contributed by atoms with van der Waals surface area (Å²) in [5.74, 6) is 0.563. The van der Waals surface area contributed by atoms with Crippen molar-refractivity contribution in [3.63, 3.8) is 0 Å². The van der Waals surface area contributed by atoms with E-state index >= 15 is 0 Å². The number of rotatable bonds is 7. The molecule has 25 heavy (non-hydrogen) atoms. The van der Waals surface area contributed by atoms with Crippen LogP contribution in [0.25, 0.3) is 0 Å². The Morgan fingerprint density at radius 1 is 1.04 bits per heavy atom. The van der Waals surface area contributed by atoms with E-state index in [0.29, 0.717) is 23.9 Å². The largest absolute Gasteiger partial charge is 0.497 e. The lowest BCUT2D eigenvalue weighted by atomic mass is 10.1. The summed E-state index contributed by atoms with van der Waals surface area (Å²) < 4.78 is 5.08. The first-order valence-corrected chi connectivity index (χ1v) is 8.20. The maximum Gasteiger partial charge on any atom is 0.274 e. The molecule has 0 aliphatic heterocycles. The van der Waals surface area contributed by atoms with E-state index in [9.17, 15) is 9.59 Å². The number of pyridine rings is 1. The molecule has 6 nitrogen and oxygen atoms in total. The summed E-state index contributed by atoms with van der Waals surface area (Å²) in [6.07, 6.45) is 0.892. The van der Waals surface area contributed by atoms with Crippen LogP contribution in [0, 0.1) is 5.92 Å². The predicted octanol–water partition coefficient (Wildman–Crippen LogP) is 3.12. The van der Waals surface area contributed by atoms with Gasteiger partial charge in [-0.3, -0.25) is 9.59 Å². The van der Waals surface area contributed by atoms with E-state index in [1.54, 1.807) is 49.6 Å². The van der Waals surface area contributed by atoms with Gasteiger partial charge in [-0.1, -0.05) is 19.9 Å². The SMILES string of the molecule is COc1ccc(NC(=O)c2cccc(C(=O)NCCC(C)C)n2)cc1. The van der Waals surface area contributed by atoms with Gasteiger partial charge in [-0.15, -0.1) is 0 Å². The summed E-state index contributed by atoms with van der Waals surface area (Å²) in [7, 11) is 1.58. The average molecular weight is 341 g/mol. The molecule has 0 unspecified atom stereocenters. The minimum atomic E-state index is -0.373. The zero-order chi connectivity index (χ0) is 18.2. The van der Waals surface area contributed by atoms with Crippen LogP contribution in [-0.2, 0) is 0 Å². The molecule has 132 valence electrons. The number of carbonyl (C=O) groups is 2. The van der Waals surface area contributed by atoms with E-state index < -0.39 is 0 Å². The molecule has 0 aliphatic rings. The molecule has 0 saturated carbocycles. The molecular formula is C19H23N3O3. The summed E-state index contributed by atoms with van der Waals surface area (Å²) in [4.78, 5) is 28.6. The number of methoxy groups -OCH3 is 1. The highest BCUT2D eigenvalue weighted by Crippen LogP contribution is 2.15. The number of nitrogens with one attached hydrogen (secondary N) is 2. The van der Waals surface area contributed by atoms with Gasteiger partial charge < -0.3 is 15.4 Å². The lowest BCUT2D eigenvalue weighted by Crippen LogP contribution is -2.27. The molecule has 0 radical (unpaired) electrons. The van der Waals surface area contributed by atoms with Gasteiger partial charge in [-0.05, 0) is 48.7 Å². The Morgan fingerprint density at radius 3 is 2.28 bits per heavy atom. The van der Waals surface area contributed by atoms with Gasteiger partial charge in [0.15, 0.2) is 0 Å². The normalized spacial score (nSPS) is 10.4. The number of benzene rings is 1. The first kappa shape index (κ1) is 18.4. The highest BCUT2D eigenvalue weighted by molar-refractivity contribution is 6.03. The van der Waals surface area contributed by atoms with Crippen LogP contribution in [0.5, 0.6) is 5.75 Å². The summed E-state index contributed by atoms with van der Waals surface area (Å²) in [5, 5.41) is 5.56. The monoisotopic (exact) mass is 341 g/mol. The molecule has 2 amide bonds. The minimum Gasteiger partial charge on any atom is -0.497 e. The Labute approximate surface area is 147 Å². The van der Waals surface area contributed by atoms with Crippen molar-refractivity contribution in [1.82, 2.24) is 10.3 Å². The number of nitrogens with zero attached hydrogens (tertiary/aromatic N) is 1. The van der Waals surface area contributed by atoms with E-state index in [-0.39, 0.29) is 23.2 Å². The zero-order valence-electron chi connectivity index (χ0n) is 14.7. The summed E-state index contributed by atoms with van der Waals surface area (Å²) in [6.45, 7) is 4.77. The molecule has 1 aromatic carbocycles. The standard InChI is InChI=1S/C19H23N3O3/c1-13(2)11-12-20-18(23)16-5-4-6-17(22-16)19(24)21-14-7-9-15(25-3)10-8-14/h4-10,13H,11-12H2,1-3H3,(H,20,23)(H,21,24). The number of hydrogen-bond donors (Lipinski definition) is 2. The maximum atomic E-state index is 12.3. The molecule has 2 rings (SSSR count). The third-order valence-corrected chi connectivity index (χ3v) is 3.57. The number of amides is 2. The third-order valence-electron chi connectivity index (χ3n) is 3.57. The molecule has 0 bridgehead atoms. The van der Waals surface area contributed by atoms with E-state index in [4.69, 9.17) is 4.74 Å². The molecule has 2 aromatic rings. The number of aromatic nitrogens is 1. The molecule has 0 fully saturated rings. The second-order valence-electron chi connectivity index (χ2n) is 6.03. The van der Waals surface area contributed by atoms with Gasteiger partial charge in [0.1, 0.15) is 17.1 Å². The molecule has 0 saturated heterocycles. The molecule has 0 aliphatic carbocycles. The lowest BCUT2D eigenvalue weighted by Gasteiger charge is -2.08. The van der Waals surface area contributed by atoms with Crippen LogP contribution in [0.4, 0.5) is 5.69 Å². The van der Waals surface area contributed by atoms with Gasteiger partial charge in [0, 0.05) is 12.2 Å². The summed E-state index contributed by atoms with van der Waals surface area (Å²) >= 11 is 0. The fourth-order valence-corrected chi connectivity index (χ4v) is 2.12. The zero-order valence-corrected chi connectivity index (χ0v) is 14.7. The van der Waals surface area contributed by atoms with Crippen LogP contribution in [-0.4, -0.2) is 30.5 Å². The fourth-order valence-electron chi connectivity index (χ4n) is 2.12. The number of anilines is 1. The molecule has 0 atom stereocenters. The summed E-state index contributed by atoms with van der Waals surface area (Å²) in [6, 6.07) is 11.8. The van der Waals surface area contributed by atoms with Crippen LogP contribution in [0.1, 0.15) is 41.2 Å². The van der Waals surface area contributed by atoms with Crippen molar-refractivity contribution in [2.45, 2.75) is 20.3 Å². The van der Waals surface area contributed by atoms with Gasteiger partial charge in [-0.25, -0.2) is 4.98 Å². The molecule has 1 aromatic heterocycles. The molecular weight excluding hydrogens is 318 g/mol. The van der Waals surface area contributed by atoms with Crippen molar-refractivity contribution in [2.75, 3.05) is 19.0 Å². The fraction of sp³-hybridized carbons (Fsp3) is 0.316. The molecule has 2 N–H and O–H groups in total.